The molecular formula is C23H28N2O3. The molecule has 5 heteroatoms. The van der Waals surface area contributed by atoms with Gasteiger partial charge in [-0.25, -0.2) is 0 Å². The molecule has 2 aromatic rings. The normalized spacial score (nSPS) is 15.1. The number of hydrogen-bond acceptors (Lipinski definition) is 4. The molecule has 1 N–H and O–H groups in total. The van der Waals surface area contributed by atoms with Gasteiger partial charge in [-0.3, -0.25) is 9.59 Å². The van der Waals surface area contributed by atoms with Gasteiger partial charge in [-0.1, -0.05) is 55.3 Å². The molecule has 0 heterocycles. The zero-order valence-corrected chi connectivity index (χ0v) is 16.6. The maximum absolute atomic E-state index is 12.8. The molecule has 2 aromatic carbocycles. The van der Waals surface area contributed by atoms with E-state index in [4.69, 9.17) is 4.74 Å². The van der Waals surface area contributed by atoms with Crippen LogP contribution in [0.5, 0.6) is 0 Å². The first-order valence-electron chi connectivity index (χ1n) is 9.77. The standard InChI is InChI=1S/C23H28N2O3/c1-25(2)20-12-10-18(11-13-20)16-24-21(26)17-28-22(27)23(14-6-7-15-23)19-8-4-3-5-9-19/h3-5,8-13H,6-7,14-17H2,1-2H3,(H,24,26). The van der Waals surface area contributed by atoms with E-state index < -0.39 is 5.41 Å². The lowest BCUT2D eigenvalue weighted by Gasteiger charge is -2.27. The fraction of sp³-hybridized carbons (Fsp3) is 0.391. The molecule has 0 aliphatic heterocycles. The van der Waals surface area contributed by atoms with Crippen LogP contribution in [0.2, 0.25) is 0 Å². The van der Waals surface area contributed by atoms with Crippen molar-refractivity contribution in [2.75, 3.05) is 25.6 Å². The van der Waals surface area contributed by atoms with E-state index >= 15 is 0 Å². The summed E-state index contributed by atoms with van der Waals surface area (Å²) in [5, 5.41) is 2.82. The van der Waals surface area contributed by atoms with E-state index in [1.54, 1.807) is 0 Å². The number of carbonyl (C=O) groups excluding carboxylic acids is 2. The van der Waals surface area contributed by atoms with E-state index in [1.165, 1.54) is 0 Å². The number of amides is 1. The third-order valence-electron chi connectivity index (χ3n) is 5.45. The van der Waals surface area contributed by atoms with Gasteiger partial charge in [0.15, 0.2) is 6.61 Å². The van der Waals surface area contributed by atoms with Crippen LogP contribution in [0, 0.1) is 0 Å². The number of ether oxygens (including phenoxy) is 1. The Morgan fingerprint density at radius 1 is 1.00 bits per heavy atom. The van der Waals surface area contributed by atoms with Gasteiger partial charge < -0.3 is 15.0 Å². The number of nitrogens with zero attached hydrogens (tertiary/aromatic N) is 1. The molecule has 0 atom stereocenters. The summed E-state index contributed by atoms with van der Waals surface area (Å²) in [6, 6.07) is 17.7. The van der Waals surface area contributed by atoms with E-state index in [-0.39, 0.29) is 18.5 Å². The number of esters is 1. The van der Waals surface area contributed by atoms with Crippen molar-refractivity contribution in [2.24, 2.45) is 0 Å². The number of carbonyl (C=O) groups is 2. The Bertz CT molecular complexity index is 794. The van der Waals surface area contributed by atoms with Gasteiger partial charge in [-0.15, -0.1) is 0 Å². The van der Waals surface area contributed by atoms with Gasteiger partial charge in [0.1, 0.15) is 0 Å². The summed E-state index contributed by atoms with van der Waals surface area (Å²) in [6.45, 7) is 0.164. The molecule has 0 bridgehead atoms. The average molecular weight is 380 g/mol. The number of hydrogen-bond donors (Lipinski definition) is 1. The number of rotatable bonds is 7. The quantitative estimate of drug-likeness (QED) is 0.748. The topological polar surface area (TPSA) is 58.6 Å². The molecule has 3 rings (SSSR count). The largest absolute Gasteiger partial charge is 0.455 e. The molecule has 28 heavy (non-hydrogen) atoms. The Labute approximate surface area is 166 Å². The molecule has 1 fully saturated rings. The second-order valence-corrected chi connectivity index (χ2v) is 7.57. The molecule has 1 aliphatic rings. The molecule has 0 unspecified atom stereocenters. The van der Waals surface area contributed by atoms with Crippen LogP contribution in [0.3, 0.4) is 0 Å². The van der Waals surface area contributed by atoms with Gasteiger partial charge in [-0.2, -0.15) is 0 Å². The average Bonchev–Trinajstić information content (AvgIpc) is 3.22. The van der Waals surface area contributed by atoms with Crippen molar-refractivity contribution in [3.8, 4) is 0 Å². The monoisotopic (exact) mass is 380 g/mol. The Morgan fingerprint density at radius 2 is 1.64 bits per heavy atom. The van der Waals surface area contributed by atoms with Crippen molar-refractivity contribution < 1.29 is 14.3 Å². The lowest BCUT2D eigenvalue weighted by atomic mass is 9.79. The van der Waals surface area contributed by atoms with Crippen LogP contribution in [-0.2, 0) is 26.3 Å². The van der Waals surface area contributed by atoms with Crippen molar-refractivity contribution in [3.05, 3.63) is 65.7 Å². The third kappa shape index (κ3) is 4.53. The summed E-state index contributed by atoms with van der Waals surface area (Å²) < 4.78 is 5.43. The van der Waals surface area contributed by atoms with Crippen LogP contribution in [0.4, 0.5) is 5.69 Å². The first-order valence-corrected chi connectivity index (χ1v) is 9.77. The van der Waals surface area contributed by atoms with E-state index in [0.29, 0.717) is 6.54 Å². The number of anilines is 1. The lowest BCUT2D eigenvalue weighted by molar-refractivity contribution is -0.154. The number of benzene rings is 2. The van der Waals surface area contributed by atoms with Crippen molar-refractivity contribution in [1.29, 1.82) is 0 Å². The zero-order valence-electron chi connectivity index (χ0n) is 16.6. The Hall–Kier alpha value is -2.82. The van der Waals surface area contributed by atoms with E-state index in [0.717, 1.165) is 42.5 Å². The highest BCUT2D eigenvalue weighted by atomic mass is 16.5. The molecule has 1 aliphatic carbocycles. The Kier molecular flexibility index (Phi) is 6.34. The van der Waals surface area contributed by atoms with Crippen LogP contribution >= 0.6 is 0 Å². The first kappa shape index (κ1) is 19.9. The Morgan fingerprint density at radius 3 is 2.25 bits per heavy atom. The minimum atomic E-state index is -0.608. The van der Waals surface area contributed by atoms with Crippen LogP contribution in [0.15, 0.2) is 54.6 Å². The second kappa shape index (κ2) is 8.91. The molecule has 5 nitrogen and oxygen atoms in total. The predicted octanol–water partition coefficient (Wildman–Crippen LogP) is 3.42. The van der Waals surface area contributed by atoms with Crippen LogP contribution in [0.1, 0.15) is 36.8 Å². The maximum Gasteiger partial charge on any atom is 0.317 e. The van der Waals surface area contributed by atoms with E-state index in [1.807, 2.05) is 73.6 Å². The molecule has 0 radical (unpaired) electrons. The highest BCUT2D eigenvalue weighted by Gasteiger charge is 2.44. The van der Waals surface area contributed by atoms with Crippen LogP contribution in [0.25, 0.3) is 0 Å². The SMILES string of the molecule is CN(C)c1ccc(CNC(=O)COC(=O)C2(c3ccccc3)CCCC2)cc1. The second-order valence-electron chi connectivity index (χ2n) is 7.57. The minimum Gasteiger partial charge on any atom is -0.455 e. The molecular weight excluding hydrogens is 352 g/mol. The van der Waals surface area contributed by atoms with Crippen LogP contribution < -0.4 is 10.2 Å². The highest BCUT2D eigenvalue weighted by molar-refractivity contribution is 5.86. The molecule has 0 aromatic heterocycles. The predicted molar refractivity (Wildman–Crippen MR) is 110 cm³/mol. The number of nitrogens with one attached hydrogen (secondary N) is 1. The van der Waals surface area contributed by atoms with Crippen molar-refractivity contribution in [3.63, 3.8) is 0 Å². The van der Waals surface area contributed by atoms with Gasteiger partial charge in [-0.05, 0) is 36.1 Å². The fourth-order valence-electron chi connectivity index (χ4n) is 3.78. The summed E-state index contributed by atoms with van der Waals surface area (Å²) in [5.74, 6) is -0.576. The zero-order chi connectivity index (χ0) is 20.0. The summed E-state index contributed by atoms with van der Waals surface area (Å²) in [7, 11) is 3.97. The van der Waals surface area contributed by atoms with Crippen LogP contribution in [-0.4, -0.2) is 32.6 Å². The van der Waals surface area contributed by atoms with E-state index in [2.05, 4.69) is 5.32 Å². The lowest BCUT2D eigenvalue weighted by Crippen LogP contribution is -2.37. The maximum atomic E-state index is 12.8. The van der Waals surface area contributed by atoms with Gasteiger partial charge >= 0.3 is 5.97 Å². The van der Waals surface area contributed by atoms with Crippen molar-refractivity contribution >= 4 is 17.6 Å². The third-order valence-corrected chi connectivity index (χ3v) is 5.45. The van der Waals surface area contributed by atoms with Crippen molar-refractivity contribution in [2.45, 2.75) is 37.6 Å². The van der Waals surface area contributed by atoms with E-state index in [9.17, 15) is 9.59 Å². The minimum absolute atomic E-state index is 0.247. The van der Waals surface area contributed by atoms with Gasteiger partial charge in [0.05, 0.1) is 5.41 Å². The summed E-state index contributed by atoms with van der Waals surface area (Å²) >= 11 is 0. The summed E-state index contributed by atoms with van der Waals surface area (Å²) in [6.07, 6.45) is 3.55. The molecule has 1 saturated carbocycles. The summed E-state index contributed by atoms with van der Waals surface area (Å²) in [4.78, 5) is 27.0. The summed E-state index contributed by atoms with van der Waals surface area (Å²) in [5.41, 5.74) is 2.48. The molecule has 148 valence electrons. The molecule has 0 spiro atoms. The highest BCUT2D eigenvalue weighted by Crippen LogP contribution is 2.42. The first-order chi connectivity index (χ1) is 13.5. The molecule has 0 saturated heterocycles. The fourth-order valence-corrected chi connectivity index (χ4v) is 3.78. The molecule has 1 amide bonds. The smallest absolute Gasteiger partial charge is 0.317 e. The van der Waals surface area contributed by atoms with Gasteiger partial charge in [0.2, 0.25) is 0 Å². The van der Waals surface area contributed by atoms with Gasteiger partial charge in [0.25, 0.3) is 5.91 Å². The van der Waals surface area contributed by atoms with Crippen molar-refractivity contribution in [1.82, 2.24) is 5.32 Å². The van der Waals surface area contributed by atoms with Gasteiger partial charge in [0, 0.05) is 26.3 Å². The Balaban J connectivity index is 1.53.